The van der Waals surface area contributed by atoms with Crippen LogP contribution in [0.15, 0.2) is 30.5 Å². The minimum absolute atomic E-state index is 0.000114. The van der Waals surface area contributed by atoms with Crippen molar-refractivity contribution in [3.8, 4) is 5.75 Å². The summed E-state index contributed by atoms with van der Waals surface area (Å²) in [5.41, 5.74) is 0.684. The molecule has 0 saturated carbocycles. The summed E-state index contributed by atoms with van der Waals surface area (Å²) in [6.45, 7) is 12.9. The molecule has 0 bridgehead atoms. The summed E-state index contributed by atoms with van der Waals surface area (Å²) in [5.74, 6) is 0.926. The van der Waals surface area contributed by atoms with E-state index in [0.717, 1.165) is 24.8 Å². The van der Waals surface area contributed by atoms with Crippen molar-refractivity contribution in [2.45, 2.75) is 78.4 Å². The Morgan fingerprint density at radius 1 is 1.05 bits per heavy atom. The van der Waals surface area contributed by atoms with E-state index < -0.39 is 17.6 Å². The number of nitrogens with one attached hydrogen (secondary N) is 1. The first kappa shape index (κ1) is 30.1. The molecule has 11 heteroatoms. The molecule has 0 spiro atoms. The molecule has 3 heterocycles. The number of hydrogen-bond acceptors (Lipinski definition) is 9. The van der Waals surface area contributed by atoms with Gasteiger partial charge in [-0.1, -0.05) is 12.1 Å². The Bertz CT molecular complexity index is 1220. The molecule has 1 aromatic heterocycles. The molecule has 1 N–H and O–H groups in total. The van der Waals surface area contributed by atoms with Gasteiger partial charge >= 0.3 is 12.1 Å². The van der Waals surface area contributed by atoms with Crippen LogP contribution in [-0.4, -0.2) is 77.2 Å². The van der Waals surface area contributed by atoms with Crippen LogP contribution in [0.4, 0.5) is 22.2 Å². The number of carbonyl (C=O) groups is 3. The topological polar surface area (TPSA) is 117 Å². The second-order valence-corrected chi connectivity index (χ2v) is 11.4. The van der Waals surface area contributed by atoms with E-state index in [2.05, 4.69) is 10.3 Å². The lowest BCUT2D eigenvalue weighted by atomic mass is 10.0. The monoisotopic (exact) mass is 566 g/mol. The molecular formula is C30H42N6O5. The fourth-order valence-corrected chi connectivity index (χ4v) is 4.96. The fourth-order valence-electron chi connectivity index (χ4n) is 4.96. The fraction of sp³-hybridized carbons (Fsp3) is 0.567. The van der Waals surface area contributed by atoms with E-state index in [1.54, 1.807) is 28.1 Å². The van der Waals surface area contributed by atoms with Gasteiger partial charge in [0.05, 0.1) is 6.20 Å². The van der Waals surface area contributed by atoms with E-state index in [1.165, 1.54) is 0 Å². The Balaban J connectivity index is 1.60. The predicted molar refractivity (Wildman–Crippen MR) is 157 cm³/mol. The zero-order valence-electron chi connectivity index (χ0n) is 24.8. The second-order valence-electron chi connectivity index (χ2n) is 11.4. The van der Waals surface area contributed by atoms with Gasteiger partial charge in [-0.3, -0.25) is 4.79 Å². The molecule has 1 atom stereocenters. The highest BCUT2D eigenvalue weighted by Crippen LogP contribution is 2.30. The zero-order valence-corrected chi connectivity index (χ0v) is 24.8. The van der Waals surface area contributed by atoms with Crippen molar-refractivity contribution in [2.24, 2.45) is 0 Å². The quantitative estimate of drug-likeness (QED) is 0.417. The lowest BCUT2D eigenvalue weighted by Gasteiger charge is -2.28. The SMILES string of the molecule is CCN(CC)c1ncc(N2CCCC2=O)c(N[C@@H](Cc2ccc(OC(=O)N3CCCC3)cc2)C(=O)OC(C)(C)C)n1. The number of esters is 1. The van der Waals surface area contributed by atoms with Crippen LogP contribution in [0.5, 0.6) is 5.75 Å². The Kier molecular flexibility index (Phi) is 9.67. The van der Waals surface area contributed by atoms with Crippen molar-refractivity contribution in [3.63, 3.8) is 0 Å². The maximum Gasteiger partial charge on any atom is 0.415 e. The van der Waals surface area contributed by atoms with E-state index >= 15 is 0 Å². The highest BCUT2D eigenvalue weighted by Gasteiger charge is 2.31. The number of benzene rings is 1. The summed E-state index contributed by atoms with van der Waals surface area (Å²) in [5, 5.41) is 3.31. The second kappa shape index (κ2) is 13.2. The number of amides is 2. The van der Waals surface area contributed by atoms with Crippen LogP contribution in [0, 0.1) is 0 Å². The van der Waals surface area contributed by atoms with Gasteiger partial charge in [-0.25, -0.2) is 14.6 Å². The van der Waals surface area contributed by atoms with Gasteiger partial charge in [-0.15, -0.1) is 0 Å². The highest BCUT2D eigenvalue weighted by atomic mass is 16.6. The molecule has 2 aliphatic rings. The Labute approximate surface area is 242 Å². The first-order valence-electron chi connectivity index (χ1n) is 14.6. The summed E-state index contributed by atoms with van der Waals surface area (Å²) in [6, 6.07) is 6.32. The third kappa shape index (κ3) is 7.86. The molecule has 41 heavy (non-hydrogen) atoms. The van der Waals surface area contributed by atoms with E-state index in [9.17, 15) is 14.4 Å². The molecule has 0 aliphatic carbocycles. The lowest BCUT2D eigenvalue weighted by Crippen LogP contribution is -2.39. The maximum atomic E-state index is 13.5. The number of ether oxygens (including phenoxy) is 2. The van der Waals surface area contributed by atoms with Crippen molar-refractivity contribution in [1.29, 1.82) is 0 Å². The predicted octanol–water partition coefficient (Wildman–Crippen LogP) is 4.41. The van der Waals surface area contributed by atoms with Gasteiger partial charge in [-0.2, -0.15) is 4.98 Å². The number of likely N-dealkylation sites (tertiary alicyclic amines) is 1. The molecule has 222 valence electrons. The molecule has 2 amide bonds. The van der Waals surface area contributed by atoms with Gasteiger partial charge in [0.15, 0.2) is 5.82 Å². The lowest BCUT2D eigenvalue weighted by molar-refractivity contribution is -0.155. The summed E-state index contributed by atoms with van der Waals surface area (Å²) < 4.78 is 11.3. The van der Waals surface area contributed by atoms with Gasteiger partial charge in [0.2, 0.25) is 11.9 Å². The van der Waals surface area contributed by atoms with Crippen LogP contribution in [0.1, 0.15) is 65.9 Å². The normalized spacial score (nSPS) is 16.1. The molecule has 0 unspecified atom stereocenters. The van der Waals surface area contributed by atoms with Gasteiger partial charge in [0.1, 0.15) is 23.1 Å². The average Bonchev–Trinajstić information content (AvgIpc) is 3.62. The first-order valence-corrected chi connectivity index (χ1v) is 14.6. The molecular weight excluding hydrogens is 524 g/mol. The van der Waals surface area contributed by atoms with Crippen LogP contribution in [0.3, 0.4) is 0 Å². The van der Waals surface area contributed by atoms with Gasteiger partial charge in [0, 0.05) is 45.6 Å². The minimum Gasteiger partial charge on any atom is -0.458 e. The first-order chi connectivity index (χ1) is 19.6. The zero-order chi connectivity index (χ0) is 29.6. The molecule has 4 rings (SSSR count). The summed E-state index contributed by atoms with van der Waals surface area (Å²) in [4.78, 5) is 53.2. The van der Waals surface area contributed by atoms with Crippen molar-refractivity contribution < 1.29 is 23.9 Å². The van der Waals surface area contributed by atoms with Crippen molar-refractivity contribution >= 4 is 35.4 Å². The number of nitrogens with zero attached hydrogens (tertiary/aromatic N) is 5. The van der Waals surface area contributed by atoms with Crippen molar-refractivity contribution in [3.05, 3.63) is 36.0 Å². The van der Waals surface area contributed by atoms with Crippen molar-refractivity contribution in [1.82, 2.24) is 14.9 Å². The van der Waals surface area contributed by atoms with Crippen molar-refractivity contribution in [2.75, 3.05) is 47.8 Å². The van der Waals surface area contributed by atoms with Crippen LogP contribution < -0.4 is 19.9 Å². The Hall–Kier alpha value is -3.89. The van der Waals surface area contributed by atoms with Crippen LogP contribution in [-0.2, 0) is 20.7 Å². The van der Waals surface area contributed by atoms with Crippen LogP contribution in [0.25, 0.3) is 0 Å². The summed E-state index contributed by atoms with van der Waals surface area (Å²) in [6.07, 6.45) is 4.78. The standard InChI is InChI=1S/C30H42N6O5/c1-6-34(7-2)28-31-20-24(36-18-10-11-25(36)37)26(33-28)32-23(27(38)41-30(3,4)5)19-21-12-14-22(15-13-21)40-29(39)35-16-8-9-17-35/h12-15,20,23H,6-11,16-19H2,1-5H3,(H,31,32,33)/t23-/m0/s1. The number of anilines is 3. The average molecular weight is 567 g/mol. The van der Waals surface area contributed by atoms with Gasteiger partial charge in [-0.05, 0) is 71.6 Å². The largest absolute Gasteiger partial charge is 0.458 e. The molecule has 2 fully saturated rings. The number of aromatic nitrogens is 2. The number of hydrogen-bond donors (Lipinski definition) is 1. The number of carbonyl (C=O) groups excluding carboxylic acids is 3. The Morgan fingerprint density at radius 2 is 1.73 bits per heavy atom. The molecule has 2 aromatic rings. The molecule has 11 nitrogen and oxygen atoms in total. The van der Waals surface area contributed by atoms with Crippen LogP contribution in [0.2, 0.25) is 0 Å². The van der Waals surface area contributed by atoms with Gasteiger partial charge < -0.3 is 29.5 Å². The van der Waals surface area contributed by atoms with E-state index in [4.69, 9.17) is 14.5 Å². The smallest absolute Gasteiger partial charge is 0.415 e. The third-order valence-electron chi connectivity index (χ3n) is 7.10. The summed E-state index contributed by atoms with van der Waals surface area (Å²) in [7, 11) is 0. The third-order valence-corrected chi connectivity index (χ3v) is 7.10. The minimum atomic E-state index is -0.803. The molecule has 1 aromatic carbocycles. The van der Waals surface area contributed by atoms with E-state index in [0.29, 0.717) is 62.3 Å². The molecule has 2 saturated heterocycles. The Morgan fingerprint density at radius 3 is 2.32 bits per heavy atom. The van der Waals surface area contributed by atoms with Crippen LogP contribution >= 0.6 is 0 Å². The van der Waals surface area contributed by atoms with E-state index in [-0.39, 0.29) is 18.4 Å². The maximum absolute atomic E-state index is 13.5. The molecule has 0 radical (unpaired) electrons. The van der Waals surface area contributed by atoms with Gasteiger partial charge in [0.25, 0.3) is 0 Å². The number of rotatable bonds is 10. The molecule has 2 aliphatic heterocycles. The summed E-state index contributed by atoms with van der Waals surface area (Å²) >= 11 is 0. The highest BCUT2D eigenvalue weighted by molar-refractivity contribution is 5.98. The van der Waals surface area contributed by atoms with E-state index in [1.807, 2.05) is 51.7 Å².